The highest BCUT2D eigenvalue weighted by Crippen LogP contribution is 2.31. The molecule has 0 bridgehead atoms. The summed E-state index contributed by atoms with van der Waals surface area (Å²) in [5.74, 6) is 0.574. The molecule has 0 aliphatic carbocycles. The largest absolute Gasteiger partial charge is 0.356 e. The van der Waals surface area contributed by atoms with Gasteiger partial charge in [0.1, 0.15) is 12.1 Å². The summed E-state index contributed by atoms with van der Waals surface area (Å²) in [6, 6.07) is 6.79. The van der Waals surface area contributed by atoms with Gasteiger partial charge in [-0.3, -0.25) is 4.79 Å². The second-order valence-electron chi connectivity index (χ2n) is 6.85. The number of carbonyl (C=O) groups excluding carboxylic acids is 1. The Labute approximate surface area is 178 Å². The van der Waals surface area contributed by atoms with Crippen LogP contribution in [0.25, 0.3) is 11.1 Å². The topological polar surface area (TPSA) is 71.0 Å². The number of nitrogens with one attached hydrogen (secondary N) is 1. The van der Waals surface area contributed by atoms with E-state index in [4.69, 9.17) is 23.2 Å². The zero-order valence-corrected chi connectivity index (χ0v) is 17.1. The molecule has 0 atom stereocenters. The number of aromatic nitrogens is 3. The van der Waals surface area contributed by atoms with E-state index in [1.54, 1.807) is 36.8 Å². The van der Waals surface area contributed by atoms with Gasteiger partial charge in [-0.2, -0.15) is 0 Å². The van der Waals surface area contributed by atoms with Gasteiger partial charge >= 0.3 is 0 Å². The van der Waals surface area contributed by atoms with Crippen LogP contribution in [0.3, 0.4) is 0 Å². The smallest absolute Gasteiger partial charge is 0.257 e. The Kier molecular flexibility index (Phi) is 5.92. The Hall–Kier alpha value is -2.70. The van der Waals surface area contributed by atoms with Crippen LogP contribution in [0.4, 0.5) is 11.5 Å². The third-order valence-corrected chi connectivity index (χ3v) is 5.57. The first-order valence-electron chi connectivity index (χ1n) is 9.38. The predicted molar refractivity (Wildman–Crippen MR) is 116 cm³/mol. The molecule has 1 aliphatic rings. The van der Waals surface area contributed by atoms with Crippen LogP contribution >= 0.6 is 23.2 Å². The number of piperidine rings is 1. The number of rotatable bonds is 4. The molecule has 1 aliphatic heterocycles. The van der Waals surface area contributed by atoms with E-state index in [1.165, 1.54) is 12.7 Å². The average Bonchev–Trinajstić information content (AvgIpc) is 2.77. The van der Waals surface area contributed by atoms with E-state index < -0.39 is 0 Å². The first kappa shape index (κ1) is 19.6. The fourth-order valence-electron chi connectivity index (χ4n) is 3.37. The lowest BCUT2D eigenvalue weighted by molar-refractivity contribution is 0.102. The first-order chi connectivity index (χ1) is 14.1. The van der Waals surface area contributed by atoms with Crippen LogP contribution in [0.2, 0.25) is 10.0 Å². The molecule has 0 radical (unpaired) electrons. The van der Waals surface area contributed by atoms with Gasteiger partial charge in [0.05, 0.1) is 15.6 Å². The maximum absolute atomic E-state index is 12.8. The summed E-state index contributed by atoms with van der Waals surface area (Å²) in [5.41, 5.74) is 2.67. The molecule has 1 saturated heterocycles. The number of benzene rings is 1. The summed E-state index contributed by atoms with van der Waals surface area (Å²) in [6.45, 7) is 1.89. The second-order valence-corrected chi connectivity index (χ2v) is 7.67. The van der Waals surface area contributed by atoms with Crippen molar-refractivity contribution >= 4 is 40.6 Å². The number of anilines is 2. The van der Waals surface area contributed by atoms with Crippen molar-refractivity contribution in [2.45, 2.75) is 19.3 Å². The molecule has 0 saturated carbocycles. The highest BCUT2D eigenvalue weighted by atomic mass is 35.5. The van der Waals surface area contributed by atoms with Crippen molar-refractivity contribution in [3.63, 3.8) is 0 Å². The van der Waals surface area contributed by atoms with Gasteiger partial charge in [0.15, 0.2) is 0 Å². The monoisotopic (exact) mass is 427 g/mol. The maximum Gasteiger partial charge on any atom is 0.257 e. The second kappa shape index (κ2) is 8.76. The number of hydrogen-bond donors (Lipinski definition) is 1. The molecule has 0 unspecified atom stereocenters. The lowest BCUT2D eigenvalue weighted by Gasteiger charge is -2.29. The molecule has 1 aromatic carbocycles. The summed E-state index contributed by atoms with van der Waals surface area (Å²) < 4.78 is 0. The number of hydrogen-bond acceptors (Lipinski definition) is 5. The van der Waals surface area contributed by atoms with E-state index in [0.29, 0.717) is 21.3 Å². The fourth-order valence-corrected chi connectivity index (χ4v) is 3.67. The summed E-state index contributed by atoms with van der Waals surface area (Å²) in [7, 11) is 0. The molecule has 2 aromatic heterocycles. The summed E-state index contributed by atoms with van der Waals surface area (Å²) >= 11 is 12.0. The van der Waals surface area contributed by atoms with Gasteiger partial charge in [-0.25, -0.2) is 15.0 Å². The number of nitrogens with zero attached hydrogens (tertiary/aromatic N) is 4. The minimum Gasteiger partial charge on any atom is -0.356 e. The Bertz CT molecular complexity index is 1020. The zero-order chi connectivity index (χ0) is 20.2. The quantitative estimate of drug-likeness (QED) is 0.627. The molecule has 6 nitrogen and oxygen atoms in total. The molecule has 29 heavy (non-hydrogen) atoms. The van der Waals surface area contributed by atoms with Crippen LogP contribution in [0.1, 0.15) is 29.6 Å². The van der Waals surface area contributed by atoms with Crippen molar-refractivity contribution < 1.29 is 4.79 Å². The van der Waals surface area contributed by atoms with Crippen LogP contribution in [0, 0.1) is 0 Å². The normalized spacial score (nSPS) is 13.9. The minimum absolute atomic E-state index is 0.279. The third kappa shape index (κ3) is 4.49. The maximum atomic E-state index is 12.8. The van der Waals surface area contributed by atoms with E-state index in [1.807, 2.05) is 6.07 Å². The van der Waals surface area contributed by atoms with Crippen LogP contribution in [0.15, 0.2) is 49.2 Å². The summed E-state index contributed by atoms with van der Waals surface area (Å²) in [5, 5.41) is 3.65. The molecule has 0 spiro atoms. The fraction of sp³-hybridized carbons (Fsp3) is 0.238. The van der Waals surface area contributed by atoms with Crippen LogP contribution < -0.4 is 10.2 Å². The lowest BCUT2D eigenvalue weighted by atomic mass is 10.0. The third-order valence-electron chi connectivity index (χ3n) is 4.83. The van der Waals surface area contributed by atoms with Crippen molar-refractivity contribution in [2.24, 2.45) is 0 Å². The van der Waals surface area contributed by atoms with E-state index in [0.717, 1.165) is 42.9 Å². The van der Waals surface area contributed by atoms with Crippen LogP contribution in [0.5, 0.6) is 0 Å². The van der Waals surface area contributed by atoms with Crippen molar-refractivity contribution in [3.05, 3.63) is 64.8 Å². The molecule has 1 fully saturated rings. The van der Waals surface area contributed by atoms with Crippen LogP contribution in [-0.4, -0.2) is 33.9 Å². The van der Waals surface area contributed by atoms with Crippen LogP contribution in [-0.2, 0) is 0 Å². The Morgan fingerprint density at radius 1 is 0.966 bits per heavy atom. The van der Waals surface area contributed by atoms with Gasteiger partial charge in [0, 0.05) is 48.5 Å². The molecule has 3 aromatic rings. The van der Waals surface area contributed by atoms with Gasteiger partial charge < -0.3 is 10.2 Å². The van der Waals surface area contributed by atoms with Crippen molar-refractivity contribution in [2.75, 3.05) is 23.3 Å². The van der Waals surface area contributed by atoms with Crippen molar-refractivity contribution in [1.29, 1.82) is 0 Å². The van der Waals surface area contributed by atoms with Gasteiger partial charge in [-0.1, -0.05) is 23.2 Å². The molecule has 1 N–H and O–H groups in total. The lowest BCUT2D eigenvalue weighted by Crippen LogP contribution is -2.30. The van der Waals surface area contributed by atoms with Gasteiger partial charge in [0.2, 0.25) is 0 Å². The van der Waals surface area contributed by atoms with E-state index in [9.17, 15) is 4.79 Å². The van der Waals surface area contributed by atoms with Crippen molar-refractivity contribution in [1.82, 2.24) is 15.0 Å². The van der Waals surface area contributed by atoms with E-state index >= 15 is 0 Å². The number of carbonyl (C=O) groups is 1. The molecular weight excluding hydrogens is 409 g/mol. The highest BCUT2D eigenvalue weighted by molar-refractivity contribution is 6.42. The predicted octanol–water partition coefficient (Wildman–Crippen LogP) is 5.09. The first-order valence-corrected chi connectivity index (χ1v) is 10.1. The molecular formula is C21H19Cl2N5O. The molecule has 3 heterocycles. The van der Waals surface area contributed by atoms with Crippen molar-refractivity contribution in [3.8, 4) is 11.1 Å². The standard InChI is InChI=1S/C21H19Cl2N5O/c22-18-5-4-16(9-19(18)23)27-21(29)14-8-17(15-10-24-13-25-11-15)20(26-12-14)28-6-2-1-3-7-28/h4-5,8-13H,1-3,6-7H2,(H,27,29). The Morgan fingerprint density at radius 3 is 2.45 bits per heavy atom. The Balaban J connectivity index is 1.67. The summed E-state index contributed by atoms with van der Waals surface area (Å²) in [6.07, 6.45) is 10.0. The molecule has 8 heteroatoms. The highest BCUT2D eigenvalue weighted by Gasteiger charge is 2.19. The van der Waals surface area contributed by atoms with E-state index in [2.05, 4.69) is 25.2 Å². The van der Waals surface area contributed by atoms with E-state index in [-0.39, 0.29) is 5.91 Å². The Morgan fingerprint density at radius 2 is 1.72 bits per heavy atom. The minimum atomic E-state index is -0.279. The SMILES string of the molecule is O=C(Nc1ccc(Cl)c(Cl)c1)c1cnc(N2CCCCC2)c(-c2cncnc2)c1. The van der Waals surface area contributed by atoms with Gasteiger partial charge in [0.25, 0.3) is 5.91 Å². The number of halogens is 2. The number of amides is 1. The average molecular weight is 428 g/mol. The zero-order valence-electron chi connectivity index (χ0n) is 15.6. The molecule has 4 rings (SSSR count). The molecule has 1 amide bonds. The molecule has 148 valence electrons. The summed E-state index contributed by atoms with van der Waals surface area (Å²) in [4.78, 5) is 27.9. The van der Waals surface area contributed by atoms with Gasteiger partial charge in [-0.05, 0) is 43.5 Å². The number of pyridine rings is 1. The van der Waals surface area contributed by atoms with Gasteiger partial charge in [-0.15, -0.1) is 0 Å².